The SMILES string of the molecule is CC(=C[C@H](C)[C@@H](C)O)C(=O)O. The van der Waals surface area contributed by atoms with Crippen molar-refractivity contribution in [3.8, 4) is 0 Å². The third kappa shape index (κ3) is 3.78. The van der Waals surface area contributed by atoms with E-state index in [4.69, 9.17) is 10.2 Å². The van der Waals surface area contributed by atoms with Gasteiger partial charge in [-0.2, -0.15) is 0 Å². The molecule has 0 heterocycles. The van der Waals surface area contributed by atoms with Gasteiger partial charge >= 0.3 is 5.97 Å². The first-order valence-corrected chi connectivity index (χ1v) is 3.55. The highest BCUT2D eigenvalue weighted by Gasteiger charge is 2.07. The van der Waals surface area contributed by atoms with Crippen LogP contribution in [-0.2, 0) is 4.79 Å². The molecule has 0 aliphatic rings. The molecule has 0 aliphatic carbocycles. The summed E-state index contributed by atoms with van der Waals surface area (Å²) >= 11 is 0. The van der Waals surface area contributed by atoms with Crippen LogP contribution in [0.4, 0.5) is 0 Å². The lowest BCUT2D eigenvalue weighted by Gasteiger charge is -2.09. The number of carboxylic acids is 1. The quantitative estimate of drug-likeness (QED) is 0.603. The van der Waals surface area contributed by atoms with Crippen LogP contribution < -0.4 is 0 Å². The van der Waals surface area contributed by atoms with Crippen molar-refractivity contribution in [1.82, 2.24) is 0 Å². The fourth-order valence-electron chi connectivity index (χ4n) is 0.605. The number of aliphatic carboxylic acids is 1. The molecule has 0 spiro atoms. The van der Waals surface area contributed by atoms with E-state index in [1.165, 1.54) is 6.92 Å². The Kier molecular flexibility index (Phi) is 3.82. The zero-order chi connectivity index (χ0) is 9.02. The number of carbonyl (C=O) groups is 1. The lowest BCUT2D eigenvalue weighted by molar-refractivity contribution is -0.132. The smallest absolute Gasteiger partial charge is 0.330 e. The van der Waals surface area contributed by atoms with E-state index < -0.39 is 12.1 Å². The Bertz CT molecular complexity index is 170. The van der Waals surface area contributed by atoms with Crippen molar-refractivity contribution in [2.75, 3.05) is 0 Å². The molecule has 2 N–H and O–H groups in total. The number of carboxylic acid groups (broad SMARTS) is 1. The maximum Gasteiger partial charge on any atom is 0.330 e. The Balaban J connectivity index is 4.19. The van der Waals surface area contributed by atoms with Crippen LogP contribution in [0.15, 0.2) is 11.6 Å². The minimum absolute atomic E-state index is 0.105. The molecule has 0 amide bonds. The van der Waals surface area contributed by atoms with Crippen LogP contribution in [-0.4, -0.2) is 22.3 Å². The van der Waals surface area contributed by atoms with Crippen LogP contribution >= 0.6 is 0 Å². The van der Waals surface area contributed by atoms with Crippen LogP contribution in [0.3, 0.4) is 0 Å². The van der Waals surface area contributed by atoms with Gasteiger partial charge in [0.1, 0.15) is 0 Å². The third-order valence-electron chi connectivity index (χ3n) is 1.61. The third-order valence-corrected chi connectivity index (χ3v) is 1.61. The van der Waals surface area contributed by atoms with Crippen molar-refractivity contribution in [3.63, 3.8) is 0 Å². The highest BCUT2D eigenvalue weighted by atomic mass is 16.4. The molecule has 0 unspecified atom stereocenters. The predicted molar refractivity (Wildman–Crippen MR) is 42.2 cm³/mol. The summed E-state index contributed by atoms with van der Waals surface area (Å²) in [6.45, 7) is 4.93. The number of aliphatic hydroxyl groups excluding tert-OH is 1. The minimum Gasteiger partial charge on any atom is -0.478 e. The van der Waals surface area contributed by atoms with Crippen molar-refractivity contribution < 1.29 is 15.0 Å². The molecule has 11 heavy (non-hydrogen) atoms. The van der Waals surface area contributed by atoms with Gasteiger partial charge in [-0.05, 0) is 13.8 Å². The number of hydrogen-bond acceptors (Lipinski definition) is 2. The van der Waals surface area contributed by atoms with Gasteiger partial charge in [0.05, 0.1) is 6.10 Å². The van der Waals surface area contributed by atoms with E-state index in [1.807, 2.05) is 0 Å². The average Bonchev–Trinajstić information content (AvgIpc) is 1.87. The van der Waals surface area contributed by atoms with E-state index in [0.717, 1.165) is 0 Å². The highest BCUT2D eigenvalue weighted by Crippen LogP contribution is 2.07. The van der Waals surface area contributed by atoms with Crippen LogP contribution in [0.2, 0.25) is 0 Å². The van der Waals surface area contributed by atoms with Crippen molar-refractivity contribution in [3.05, 3.63) is 11.6 Å². The predicted octanol–water partition coefficient (Wildman–Crippen LogP) is 1.03. The molecule has 2 atom stereocenters. The topological polar surface area (TPSA) is 57.5 Å². The van der Waals surface area contributed by atoms with Crippen LogP contribution in [0, 0.1) is 5.92 Å². The second kappa shape index (κ2) is 4.13. The van der Waals surface area contributed by atoms with Gasteiger partial charge in [-0.3, -0.25) is 0 Å². The Morgan fingerprint density at radius 3 is 2.18 bits per heavy atom. The molecule has 3 heteroatoms. The second-order valence-corrected chi connectivity index (χ2v) is 2.75. The van der Waals surface area contributed by atoms with E-state index >= 15 is 0 Å². The molecule has 0 bridgehead atoms. The van der Waals surface area contributed by atoms with Gasteiger partial charge in [-0.15, -0.1) is 0 Å². The fourth-order valence-corrected chi connectivity index (χ4v) is 0.605. The first-order valence-electron chi connectivity index (χ1n) is 3.55. The standard InChI is InChI=1S/C8H14O3/c1-5(7(3)9)4-6(2)8(10)11/h4-5,7,9H,1-3H3,(H,10,11)/t5-,7+/m0/s1. The van der Waals surface area contributed by atoms with Crippen LogP contribution in [0.5, 0.6) is 0 Å². The van der Waals surface area contributed by atoms with E-state index in [1.54, 1.807) is 19.9 Å². The molecule has 3 nitrogen and oxygen atoms in total. The molecule has 0 radical (unpaired) electrons. The van der Waals surface area contributed by atoms with Crippen LogP contribution in [0.25, 0.3) is 0 Å². The molecule has 0 aliphatic heterocycles. The maximum absolute atomic E-state index is 10.3. The van der Waals surface area contributed by atoms with Crippen molar-refractivity contribution in [1.29, 1.82) is 0 Å². The normalized spacial score (nSPS) is 17.6. The minimum atomic E-state index is -0.933. The zero-order valence-corrected chi connectivity index (χ0v) is 7.03. The monoisotopic (exact) mass is 158 g/mol. The second-order valence-electron chi connectivity index (χ2n) is 2.75. The number of aliphatic hydroxyl groups is 1. The maximum atomic E-state index is 10.3. The molecule has 0 aromatic carbocycles. The van der Waals surface area contributed by atoms with E-state index in [0.29, 0.717) is 0 Å². The fraction of sp³-hybridized carbons (Fsp3) is 0.625. The van der Waals surface area contributed by atoms with Crippen molar-refractivity contribution in [2.45, 2.75) is 26.9 Å². The van der Waals surface area contributed by atoms with Gasteiger partial charge in [0.15, 0.2) is 0 Å². The molecule has 0 saturated heterocycles. The number of hydrogen-bond donors (Lipinski definition) is 2. The Morgan fingerprint density at radius 2 is 1.91 bits per heavy atom. The van der Waals surface area contributed by atoms with E-state index in [9.17, 15) is 4.79 Å². The molecular weight excluding hydrogens is 144 g/mol. The first kappa shape index (κ1) is 10.2. The lowest BCUT2D eigenvalue weighted by Crippen LogP contribution is -2.12. The summed E-state index contributed by atoms with van der Waals surface area (Å²) in [7, 11) is 0. The Hall–Kier alpha value is -0.830. The zero-order valence-electron chi connectivity index (χ0n) is 7.03. The Labute approximate surface area is 66.4 Å². The Morgan fingerprint density at radius 1 is 1.45 bits per heavy atom. The summed E-state index contributed by atoms with van der Waals surface area (Å²) in [6.07, 6.45) is 1.05. The summed E-state index contributed by atoms with van der Waals surface area (Å²) in [4.78, 5) is 10.3. The van der Waals surface area contributed by atoms with Gasteiger partial charge in [0.2, 0.25) is 0 Å². The van der Waals surface area contributed by atoms with Gasteiger partial charge in [-0.1, -0.05) is 13.0 Å². The van der Waals surface area contributed by atoms with E-state index in [2.05, 4.69) is 0 Å². The van der Waals surface area contributed by atoms with Crippen molar-refractivity contribution in [2.24, 2.45) is 5.92 Å². The summed E-state index contributed by atoms with van der Waals surface area (Å²) in [5.74, 6) is -1.04. The summed E-state index contributed by atoms with van der Waals surface area (Å²) < 4.78 is 0. The first-order chi connectivity index (χ1) is 4.95. The highest BCUT2D eigenvalue weighted by molar-refractivity contribution is 5.85. The molecule has 0 saturated carbocycles. The van der Waals surface area contributed by atoms with Crippen LogP contribution in [0.1, 0.15) is 20.8 Å². The van der Waals surface area contributed by atoms with Gasteiger partial charge in [-0.25, -0.2) is 4.79 Å². The van der Waals surface area contributed by atoms with Crippen molar-refractivity contribution >= 4 is 5.97 Å². The molecule has 0 aromatic rings. The molecule has 0 aromatic heterocycles. The molecular formula is C8H14O3. The molecule has 0 rings (SSSR count). The van der Waals surface area contributed by atoms with Gasteiger partial charge < -0.3 is 10.2 Å². The molecule has 64 valence electrons. The van der Waals surface area contributed by atoms with Gasteiger partial charge in [0.25, 0.3) is 0 Å². The average molecular weight is 158 g/mol. The van der Waals surface area contributed by atoms with Gasteiger partial charge in [0, 0.05) is 11.5 Å². The molecule has 0 fully saturated rings. The lowest BCUT2D eigenvalue weighted by atomic mass is 10.0. The number of rotatable bonds is 3. The largest absolute Gasteiger partial charge is 0.478 e. The summed E-state index contributed by atoms with van der Waals surface area (Å²) in [6, 6.07) is 0. The summed E-state index contributed by atoms with van der Waals surface area (Å²) in [5.41, 5.74) is 0.276. The van der Waals surface area contributed by atoms with E-state index in [-0.39, 0.29) is 11.5 Å². The summed E-state index contributed by atoms with van der Waals surface area (Å²) in [5, 5.41) is 17.5.